The molecule has 2 nitrogen and oxygen atoms in total. The van der Waals surface area contributed by atoms with Crippen LogP contribution in [0.4, 0.5) is 0 Å². The first-order chi connectivity index (χ1) is 4.25. The minimum absolute atomic E-state index is 0.769. The van der Waals surface area contributed by atoms with Crippen LogP contribution in [0.25, 0.3) is 6.20 Å². The molecule has 0 N–H and O–H groups in total. The summed E-state index contributed by atoms with van der Waals surface area (Å²) in [5.41, 5.74) is 0. The molecule has 1 rings (SSSR count). The smallest absolute Gasteiger partial charge is 0.183 e. The Bertz CT molecular complexity index is 269. The Morgan fingerprint density at radius 1 is 1.67 bits per heavy atom. The lowest BCUT2D eigenvalue weighted by Crippen LogP contribution is -1.87. The highest BCUT2D eigenvalue weighted by atomic mass is 32.1. The van der Waals surface area contributed by atoms with E-state index in [4.69, 9.17) is 12.2 Å². The fourth-order valence-corrected chi connectivity index (χ4v) is 0.817. The zero-order valence-electron chi connectivity index (χ0n) is 5.24. The van der Waals surface area contributed by atoms with Gasteiger partial charge in [0.15, 0.2) is 4.77 Å². The maximum Gasteiger partial charge on any atom is 0.183 e. The quantitative estimate of drug-likeness (QED) is 0.539. The number of aryl methyl sites for hydroxylation is 1. The first-order valence-corrected chi connectivity index (χ1v) is 3.02. The van der Waals surface area contributed by atoms with Crippen LogP contribution in [0.5, 0.6) is 0 Å². The third kappa shape index (κ3) is 0.954. The molecule has 0 saturated carbocycles. The van der Waals surface area contributed by atoms with Gasteiger partial charge in [-0.2, -0.15) is 0 Å². The fraction of sp³-hybridized carbons (Fsp3) is 0.167. The van der Waals surface area contributed by atoms with E-state index < -0.39 is 0 Å². The maximum atomic E-state index is 4.98. The largest absolute Gasteiger partial charge is 0.327 e. The van der Waals surface area contributed by atoms with Gasteiger partial charge in [-0.25, -0.2) is 0 Å². The zero-order valence-corrected chi connectivity index (χ0v) is 6.06. The summed E-state index contributed by atoms with van der Waals surface area (Å²) in [4.78, 5) is 0. The summed E-state index contributed by atoms with van der Waals surface area (Å²) in [6, 6.07) is 0. The van der Waals surface area contributed by atoms with Gasteiger partial charge < -0.3 is 9.13 Å². The molecule has 48 valence electrons. The van der Waals surface area contributed by atoms with E-state index in [1.807, 2.05) is 24.0 Å². The van der Waals surface area contributed by atoms with Crippen LogP contribution in [0.3, 0.4) is 0 Å². The molecule has 1 aromatic rings. The molecule has 1 aromatic heterocycles. The summed E-state index contributed by atoms with van der Waals surface area (Å²) in [7, 11) is 1.91. The topological polar surface area (TPSA) is 9.86 Å². The first kappa shape index (κ1) is 6.29. The third-order valence-electron chi connectivity index (χ3n) is 1.17. The van der Waals surface area contributed by atoms with Crippen molar-refractivity contribution in [2.45, 2.75) is 0 Å². The van der Waals surface area contributed by atoms with Crippen molar-refractivity contribution < 1.29 is 0 Å². The molecule has 0 atom stereocenters. The van der Waals surface area contributed by atoms with Gasteiger partial charge >= 0.3 is 0 Å². The lowest BCUT2D eigenvalue weighted by molar-refractivity contribution is 0.875. The number of hydrogen-bond acceptors (Lipinski definition) is 1. The Morgan fingerprint density at radius 2 is 2.33 bits per heavy atom. The lowest BCUT2D eigenvalue weighted by atomic mass is 10.8. The van der Waals surface area contributed by atoms with E-state index in [0.717, 1.165) is 4.77 Å². The number of imidazole rings is 1. The summed E-state index contributed by atoms with van der Waals surface area (Å²) in [6.07, 6.45) is 5.45. The molecule has 0 radical (unpaired) electrons. The molecule has 3 heteroatoms. The van der Waals surface area contributed by atoms with E-state index in [9.17, 15) is 0 Å². The molecule has 0 unspecified atom stereocenters. The van der Waals surface area contributed by atoms with Crippen molar-refractivity contribution in [3.8, 4) is 0 Å². The Balaban J connectivity index is 3.36. The van der Waals surface area contributed by atoms with Crippen molar-refractivity contribution in [1.29, 1.82) is 0 Å². The average molecular weight is 140 g/mol. The fourth-order valence-electron chi connectivity index (χ4n) is 0.620. The molecular weight excluding hydrogens is 132 g/mol. The predicted octanol–water partition coefficient (Wildman–Crippen LogP) is 1.66. The van der Waals surface area contributed by atoms with Crippen molar-refractivity contribution >= 4 is 18.4 Å². The van der Waals surface area contributed by atoms with Crippen LogP contribution in [0.15, 0.2) is 19.0 Å². The number of rotatable bonds is 1. The van der Waals surface area contributed by atoms with Crippen molar-refractivity contribution in [3.05, 3.63) is 23.7 Å². The van der Waals surface area contributed by atoms with Gasteiger partial charge in [-0.15, -0.1) is 0 Å². The van der Waals surface area contributed by atoms with E-state index in [1.165, 1.54) is 0 Å². The summed E-state index contributed by atoms with van der Waals surface area (Å²) >= 11 is 4.98. The van der Waals surface area contributed by atoms with Crippen molar-refractivity contribution in [2.24, 2.45) is 7.05 Å². The van der Waals surface area contributed by atoms with E-state index in [-0.39, 0.29) is 0 Å². The maximum absolute atomic E-state index is 4.98. The molecule has 0 aliphatic carbocycles. The highest BCUT2D eigenvalue weighted by Gasteiger charge is 1.87. The second-order valence-electron chi connectivity index (χ2n) is 1.78. The monoisotopic (exact) mass is 140 g/mol. The molecule has 1 heterocycles. The molecular formula is C6H8N2S. The van der Waals surface area contributed by atoms with E-state index >= 15 is 0 Å². The Hall–Kier alpha value is -0.830. The minimum Gasteiger partial charge on any atom is -0.327 e. The van der Waals surface area contributed by atoms with Crippen LogP contribution in [0.1, 0.15) is 0 Å². The number of nitrogens with zero attached hydrogens (tertiary/aromatic N) is 2. The van der Waals surface area contributed by atoms with Gasteiger partial charge in [0.2, 0.25) is 0 Å². The summed E-state index contributed by atoms with van der Waals surface area (Å²) in [5, 5.41) is 0. The average Bonchev–Trinajstić information content (AvgIpc) is 2.15. The summed E-state index contributed by atoms with van der Waals surface area (Å²) in [6.45, 7) is 3.59. The zero-order chi connectivity index (χ0) is 6.85. The highest BCUT2D eigenvalue weighted by molar-refractivity contribution is 7.71. The molecule has 0 amide bonds. The molecule has 9 heavy (non-hydrogen) atoms. The van der Waals surface area contributed by atoms with Gasteiger partial charge in [0.05, 0.1) is 0 Å². The predicted molar refractivity (Wildman–Crippen MR) is 40.6 cm³/mol. The number of hydrogen-bond donors (Lipinski definition) is 0. The lowest BCUT2D eigenvalue weighted by Gasteiger charge is -1.88. The van der Waals surface area contributed by atoms with E-state index in [1.54, 1.807) is 10.8 Å². The minimum atomic E-state index is 0.769. The van der Waals surface area contributed by atoms with Gasteiger partial charge in [0, 0.05) is 25.6 Å². The van der Waals surface area contributed by atoms with Crippen LogP contribution >= 0.6 is 12.2 Å². The second-order valence-corrected chi connectivity index (χ2v) is 2.15. The molecule has 0 aliphatic rings. The Labute approximate surface area is 59.0 Å². The molecule has 0 spiro atoms. The molecule has 0 saturated heterocycles. The number of aromatic nitrogens is 2. The summed E-state index contributed by atoms with van der Waals surface area (Å²) in [5.74, 6) is 0. The van der Waals surface area contributed by atoms with Crippen LogP contribution in [0, 0.1) is 4.77 Å². The van der Waals surface area contributed by atoms with E-state index in [2.05, 4.69) is 6.58 Å². The van der Waals surface area contributed by atoms with Gasteiger partial charge in [0.1, 0.15) is 0 Å². The van der Waals surface area contributed by atoms with E-state index in [0.29, 0.717) is 0 Å². The van der Waals surface area contributed by atoms with Crippen LogP contribution in [0.2, 0.25) is 0 Å². The van der Waals surface area contributed by atoms with Gasteiger partial charge in [-0.1, -0.05) is 6.58 Å². The Morgan fingerprint density at radius 3 is 2.56 bits per heavy atom. The standard InChI is InChI=1S/C6H8N2S/c1-3-8-5-4-7(2)6(8)9/h3-5H,1H2,2H3. The van der Waals surface area contributed by atoms with Gasteiger partial charge in [0.25, 0.3) is 0 Å². The van der Waals surface area contributed by atoms with Gasteiger partial charge in [-0.05, 0) is 12.2 Å². The molecule has 0 bridgehead atoms. The van der Waals surface area contributed by atoms with Crippen molar-refractivity contribution in [3.63, 3.8) is 0 Å². The molecule has 0 fully saturated rings. The molecule has 0 aliphatic heterocycles. The van der Waals surface area contributed by atoms with Crippen LogP contribution < -0.4 is 0 Å². The van der Waals surface area contributed by atoms with Crippen molar-refractivity contribution in [2.75, 3.05) is 0 Å². The Kier molecular flexibility index (Phi) is 1.53. The first-order valence-electron chi connectivity index (χ1n) is 2.61. The van der Waals surface area contributed by atoms with Gasteiger partial charge in [-0.3, -0.25) is 0 Å². The third-order valence-corrected chi connectivity index (χ3v) is 1.67. The van der Waals surface area contributed by atoms with Crippen molar-refractivity contribution in [1.82, 2.24) is 9.13 Å². The highest BCUT2D eigenvalue weighted by Crippen LogP contribution is 1.93. The van der Waals surface area contributed by atoms with Crippen LogP contribution in [-0.2, 0) is 7.05 Å². The SMILES string of the molecule is C=Cn1ccn(C)c1=S. The summed E-state index contributed by atoms with van der Waals surface area (Å²) < 4.78 is 4.41. The molecule has 0 aromatic carbocycles. The van der Waals surface area contributed by atoms with Crippen LogP contribution in [-0.4, -0.2) is 9.13 Å². The normalized spacial score (nSPS) is 9.44. The second kappa shape index (κ2) is 2.19.